The van der Waals surface area contributed by atoms with Crippen molar-refractivity contribution in [1.29, 1.82) is 0 Å². The first-order chi connectivity index (χ1) is 12.7. The predicted octanol–water partition coefficient (Wildman–Crippen LogP) is 4.16. The van der Waals surface area contributed by atoms with Crippen LogP contribution >= 0.6 is 0 Å². The number of carbonyl (C=O) groups excluding carboxylic acids is 1. The van der Waals surface area contributed by atoms with Gasteiger partial charge in [-0.05, 0) is 44.2 Å². The number of aryl methyl sites for hydroxylation is 1. The zero-order valence-electron chi connectivity index (χ0n) is 14.6. The van der Waals surface area contributed by atoms with Crippen LogP contribution in [0.2, 0.25) is 0 Å². The molecular formula is C20H19NO5. The van der Waals surface area contributed by atoms with Crippen molar-refractivity contribution >= 4 is 22.6 Å². The molecule has 26 heavy (non-hydrogen) atoms. The van der Waals surface area contributed by atoms with E-state index in [-0.39, 0.29) is 11.7 Å². The summed E-state index contributed by atoms with van der Waals surface area (Å²) in [5.41, 5.74) is 2.05. The average Bonchev–Trinajstić information content (AvgIpc) is 2.98. The van der Waals surface area contributed by atoms with Crippen LogP contribution in [0.25, 0.3) is 11.0 Å². The van der Waals surface area contributed by atoms with E-state index >= 15 is 0 Å². The molecule has 0 atom stereocenters. The maximum Gasteiger partial charge on any atom is 0.291 e. The molecule has 0 unspecified atom stereocenters. The van der Waals surface area contributed by atoms with Crippen LogP contribution in [0.4, 0.5) is 5.69 Å². The Morgan fingerprint density at radius 3 is 2.73 bits per heavy atom. The molecule has 2 heterocycles. The molecule has 0 aliphatic carbocycles. The van der Waals surface area contributed by atoms with Gasteiger partial charge in [-0.3, -0.25) is 4.79 Å². The molecule has 0 bridgehead atoms. The van der Waals surface area contributed by atoms with E-state index in [1.165, 1.54) is 0 Å². The maximum absolute atomic E-state index is 12.7. The number of benzene rings is 2. The Morgan fingerprint density at radius 2 is 1.92 bits per heavy atom. The molecule has 1 amide bonds. The van der Waals surface area contributed by atoms with Crippen molar-refractivity contribution in [3.05, 3.63) is 47.7 Å². The van der Waals surface area contributed by atoms with Crippen LogP contribution in [0.5, 0.6) is 17.2 Å². The van der Waals surface area contributed by atoms with Crippen LogP contribution in [-0.2, 0) is 0 Å². The van der Waals surface area contributed by atoms with Gasteiger partial charge in [0.15, 0.2) is 17.3 Å². The molecule has 1 N–H and O–H groups in total. The fraction of sp³-hybridized carbons (Fsp3) is 0.250. The van der Waals surface area contributed by atoms with Crippen LogP contribution in [-0.4, -0.2) is 25.7 Å². The summed E-state index contributed by atoms with van der Waals surface area (Å²) >= 11 is 0. The third kappa shape index (κ3) is 2.94. The van der Waals surface area contributed by atoms with Gasteiger partial charge in [0.1, 0.15) is 24.5 Å². The van der Waals surface area contributed by atoms with E-state index in [2.05, 4.69) is 5.32 Å². The monoisotopic (exact) mass is 353 g/mol. The number of hydrogen-bond donors (Lipinski definition) is 1. The highest BCUT2D eigenvalue weighted by Crippen LogP contribution is 2.33. The van der Waals surface area contributed by atoms with E-state index in [4.69, 9.17) is 18.6 Å². The summed E-state index contributed by atoms with van der Waals surface area (Å²) in [6.07, 6.45) is 0. The van der Waals surface area contributed by atoms with E-state index in [9.17, 15) is 4.79 Å². The standard InChI is InChI=1S/C20H19NO5/c1-3-23-14-5-7-16-15(11-14)12(2)19(26-16)20(22)21-13-4-6-17-18(10-13)25-9-8-24-17/h4-7,10-11H,3,8-9H2,1-2H3,(H,21,22). The summed E-state index contributed by atoms with van der Waals surface area (Å²) < 4.78 is 22.3. The molecular weight excluding hydrogens is 334 g/mol. The van der Waals surface area contributed by atoms with Crippen LogP contribution in [0.15, 0.2) is 40.8 Å². The SMILES string of the molecule is CCOc1ccc2oc(C(=O)Nc3ccc4c(c3)OCCO4)c(C)c2c1. The van der Waals surface area contributed by atoms with Gasteiger partial charge in [0.2, 0.25) is 0 Å². The number of furan rings is 1. The van der Waals surface area contributed by atoms with Gasteiger partial charge in [-0.1, -0.05) is 0 Å². The van der Waals surface area contributed by atoms with Gasteiger partial charge in [0, 0.05) is 22.7 Å². The van der Waals surface area contributed by atoms with Crippen molar-refractivity contribution in [3.63, 3.8) is 0 Å². The maximum atomic E-state index is 12.7. The summed E-state index contributed by atoms with van der Waals surface area (Å²) in [7, 11) is 0. The van der Waals surface area contributed by atoms with Gasteiger partial charge in [-0.15, -0.1) is 0 Å². The molecule has 0 spiro atoms. The molecule has 0 saturated carbocycles. The van der Waals surface area contributed by atoms with Gasteiger partial charge < -0.3 is 23.9 Å². The largest absolute Gasteiger partial charge is 0.494 e. The van der Waals surface area contributed by atoms with Crippen molar-refractivity contribution in [2.75, 3.05) is 25.1 Å². The minimum atomic E-state index is -0.312. The highest BCUT2D eigenvalue weighted by molar-refractivity contribution is 6.06. The van der Waals surface area contributed by atoms with Crippen LogP contribution in [0.3, 0.4) is 0 Å². The quantitative estimate of drug-likeness (QED) is 0.762. The Kier molecular flexibility index (Phi) is 4.16. The fourth-order valence-corrected chi connectivity index (χ4v) is 2.98. The molecule has 2 aromatic carbocycles. The van der Waals surface area contributed by atoms with E-state index in [1.807, 2.05) is 32.0 Å². The second-order valence-electron chi connectivity index (χ2n) is 5.96. The van der Waals surface area contributed by atoms with E-state index in [0.717, 1.165) is 16.7 Å². The molecule has 6 heteroatoms. The van der Waals surface area contributed by atoms with Crippen molar-refractivity contribution < 1.29 is 23.4 Å². The minimum absolute atomic E-state index is 0.281. The molecule has 1 aliphatic rings. The molecule has 134 valence electrons. The van der Waals surface area contributed by atoms with Gasteiger partial charge in [-0.2, -0.15) is 0 Å². The van der Waals surface area contributed by atoms with Crippen molar-refractivity contribution in [3.8, 4) is 17.2 Å². The second kappa shape index (κ2) is 6.63. The molecule has 4 rings (SSSR count). The number of nitrogens with one attached hydrogen (secondary N) is 1. The second-order valence-corrected chi connectivity index (χ2v) is 5.96. The molecule has 0 saturated heterocycles. The summed E-state index contributed by atoms with van der Waals surface area (Å²) in [6, 6.07) is 10.8. The lowest BCUT2D eigenvalue weighted by Crippen LogP contribution is -2.16. The zero-order chi connectivity index (χ0) is 18.1. The average molecular weight is 353 g/mol. The lowest BCUT2D eigenvalue weighted by molar-refractivity contribution is 0.0998. The lowest BCUT2D eigenvalue weighted by atomic mass is 10.1. The van der Waals surface area contributed by atoms with Gasteiger partial charge >= 0.3 is 0 Å². The third-order valence-electron chi connectivity index (χ3n) is 4.22. The Bertz CT molecular complexity index is 976. The molecule has 3 aromatic rings. The van der Waals surface area contributed by atoms with Gasteiger partial charge in [-0.25, -0.2) is 0 Å². The normalized spacial score (nSPS) is 12.8. The van der Waals surface area contributed by atoms with E-state index in [0.29, 0.717) is 42.6 Å². The third-order valence-corrected chi connectivity index (χ3v) is 4.22. The molecule has 1 aromatic heterocycles. The van der Waals surface area contributed by atoms with Crippen molar-refractivity contribution in [1.82, 2.24) is 0 Å². The van der Waals surface area contributed by atoms with Crippen molar-refractivity contribution in [2.45, 2.75) is 13.8 Å². The number of carbonyl (C=O) groups is 1. The van der Waals surface area contributed by atoms with Crippen LogP contribution in [0.1, 0.15) is 23.0 Å². The van der Waals surface area contributed by atoms with E-state index in [1.54, 1.807) is 18.2 Å². The summed E-state index contributed by atoms with van der Waals surface area (Å²) in [5.74, 6) is 2.02. The summed E-state index contributed by atoms with van der Waals surface area (Å²) in [5, 5.41) is 3.71. The Hall–Kier alpha value is -3.15. The Labute approximate surface area is 150 Å². The molecule has 1 aliphatic heterocycles. The lowest BCUT2D eigenvalue weighted by Gasteiger charge is -2.18. The molecule has 0 fully saturated rings. The summed E-state index contributed by atoms with van der Waals surface area (Å²) in [4.78, 5) is 12.7. The Balaban J connectivity index is 1.61. The number of amides is 1. The van der Waals surface area contributed by atoms with Crippen LogP contribution in [0, 0.1) is 6.92 Å². The number of rotatable bonds is 4. The fourth-order valence-electron chi connectivity index (χ4n) is 2.98. The number of fused-ring (bicyclic) bond motifs is 2. The number of anilines is 1. The highest BCUT2D eigenvalue weighted by Gasteiger charge is 2.19. The minimum Gasteiger partial charge on any atom is -0.494 e. The number of ether oxygens (including phenoxy) is 3. The summed E-state index contributed by atoms with van der Waals surface area (Å²) in [6.45, 7) is 5.40. The highest BCUT2D eigenvalue weighted by atomic mass is 16.6. The van der Waals surface area contributed by atoms with Crippen LogP contribution < -0.4 is 19.5 Å². The zero-order valence-corrected chi connectivity index (χ0v) is 14.6. The first-order valence-corrected chi connectivity index (χ1v) is 8.52. The number of hydrogen-bond acceptors (Lipinski definition) is 5. The Morgan fingerprint density at radius 1 is 1.12 bits per heavy atom. The molecule has 6 nitrogen and oxygen atoms in total. The topological polar surface area (TPSA) is 69.9 Å². The molecule has 0 radical (unpaired) electrons. The van der Waals surface area contributed by atoms with Gasteiger partial charge in [0.25, 0.3) is 5.91 Å². The van der Waals surface area contributed by atoms with Crippen molar-refractivity contribution in [2.24, 2.45) is 0 Å². The first-order valence-electron chi connectivity index (χ1n) is 8.52. The smallest absolute Gasteiger partial charge is 0.291 e. The first kappa shape index (κ1) is 16.3. The predicted molar refractivity (Wildman–Crippen MR) is 97.5 cm³/mol. The van der Waals surface area contributed by atoms with E-state index < -0.39 is 0 Å². The van der Waals surface area contributed by atoms with Gasteiger partial charge in [0.05, 0.1) is 6.61 Å².